The Morgan fingerprint density at radius 1 is 1.08 bits per heavy atom. The zero-order chi connectivity index (χ0) is 17.5. The van der Waals surface area contributed by atoms with Gasteiger partial charge >= 0.3 is 0 Å². The summed E-state index contributed by atoms with van der Waals surface area (Å²) in [7, 11) is 0. The van der Waals surface area contributed by atoms with E-state index in [1.165, 1.54) is 0 Å². The molecule has 0 aromatic heterocycles. The molecule has 24 heavy (non-hydrogen) atoms. The van der Waals surface area contributed by atoms with E-state index in [0.717, 1.165) is 6.42 Å². The van der Waals surface area contributed by atoms with Crippen LogP contribution in [0, 0.1) is 22.7 Å². The molecule has 0 unspecified atom stereocenters. The molecule has 4 aliphatic rings. The first-order valence-corrected chi connectivity index (χ1v) is 9.01. The van der Waals surface area contributed by atoms with E-state index < -0.39 is 28.6 Å². The highest BCUT2D eigenvalue weighted by Gasteiger charge is 2.66. The molecule has 0 aromatic rings. The smallest absolute Gasteiger partial charge is 0.159 e. The van der Waals surface area contributed by atoms with Gasteiger partial charge in [0.2, 0.25) is 0 Å². The SMILES string of the molecule is C[C@]12C[C@H](O)[C@@H](O)C[C@H]1C(=O)C=C1[C@@H]2CC[C@]2(C)C(=O)CC[C@@]12O. The van der Waals surface area contributed by atoms with Crippen molar-refractivity contribution in [2.75, 3.05) is 0 Å². The first-order chi connectivity index (χ1) is 11.1. The fraction of sp³-hybridized carbons (Fsp3) is 0.789. The standard InChI is InChI=1S/C19H26O5/c1-17-9-15(22)14(21)8-12(17)13(20)7-11-10(17)3-5-18(2)16(23)4-6-19(11,18)24/h7,10,12,14-15,21-22,24H,3-6,8-9H2,1-2H3/t10-,12-,14-,15-,17+,18+,19+/m0/s1. The molecule has 0 saturated heterocycles. The molecule has 5 nitrogen and oxygen atoms in total. The van der Waals surface area contributed by atoms with Crippen molar-refractivity contribution in [2.45, 2.75) is 70.2 Å². The van der Waals surface area contributed by atoms with E-state index in [-0.39, 0.29) is 29.8 Å². The first kappa shape index (κ1) is 16.4. The first-order valence-electron chi connectivity index (χ1n) is 9.01. The second-order valence-corrected chi connectivity index (χ2v) is 8.84. The number of hydrogen-bond acceptors (Lipinski definition) is 5. The summed E-state index contributed by atoms with van der Waals surface area (Å²) in [6, 6.07) is 0. The van der Waals surface area contributed by atoms with E-state index in [9.17, 15) is 24.9 Å². The monoisotopic (exact) mass is 334 g/mol. The van der Waals surface area contributed by atoms with Gasteiger partial charge in [0.1, 0.15) is 5.78 Å². The van der Waals surface area contributed by atoms with Crippen LogP contribution in [0.1, 0.15) is 52.4 Å². The number of aliphatic hydroxyl groups excluding tert-OH is 2. The van der Waals surface area contributed by atoms with Gasteiger partial charge in [-0.2, -0.15) is 0 Å². The largest absolute Gasteiger partial charge is 0.390 e. The van der Waals surface area contributed by atoms with E-state index in [0.29, 0.717) is 31.3 Å². The molecule has 4 aliphatic carbocycles. The van der Waals surface area contributed by atoms with Crippen molar-refractivity contribution in [1.82, 2.24) is 0 Å². The molecule has 5 heteroatoms. The van der Waals surface area contributed by atoms with Gasteiger partial charge in [-0.25, -0.2) is 0 Å². The van der Waals surface area contributed by atoms with Crippen molar-refractivity contribution in [3.05, 3.63) is 11.6 Å². The fourth-order valence-corrected chi connectivity index (χ4v) is 6.14. The summed E-state index contributed by atoms with van der Waals surface area (Å²) in [6.45, 7) is 3.84. The van der Waals surface area contributed by atoms with Crippen LogP contribution in [-0.4, -0.2) is 44.7 Å². The van der Waals surface area contributed by atoms with Crippen molar-refractivity contribution in [1.29, 1.82) is 0 Å². The van der Waals surface area contributed by atoms with Gasteiger partial charge in [0.25, 0.3) is 0 Å². The highest BCUT2D eigenvalue weighted by molar-refractivity contribution is 5.96. The molecule has 3 N–H and O–H groups in total. The normalized spacial score (nSPS) is 54.0. The van der Waals surface area contributed by atoms with Gasteiger partial charge in [-0.3, -0.25) is 9.59 Å². The predicted molar refractivity (Wildman–Crippen MR) is 86.0 cm³/mol. The molecule has 0 aliphatic heterocycles. The van der Waals surface area contributed by atoms with Gasteiger partial charge in [0.05, 0.1) is 23.2 Å². The van der Waals surface area contributed by atoms with Crippen LogP contribution >= 0.6 is 0 Å². The minimum absolute atomic E-state index is 0.0219. The number of aliphatic hydroxyl groups is 3. The van der Waals surface area contributed by atoms with Crippen LogP contribution in [0.2, 0.25) is 0 Å². The van der Waals surface area contributed by atoms with Gasteiger partial charge < -0.3 is 15.3 Å². The zero-order valence-corrected chi connectivity index (χ0v) is 14.3. The fourth-order valence-electron chi connectivity index (χ4n) is 6.14. The van der Waals surface area contributed by atoms with Gasteiger partial charge in [0, 0.05) is 12.3 Å². The topological polar surface area (TPSA) is 94.8 Å². The Kier molecular flexibility index (Phi) is 3.27. The average Bonchev–Trinajstić information content (AvgIpc) is 2.75. The minimum Gasteiger partial charge on any atom is -0.390 e. The number of hydrogen-bond donors (Lipinski definition) is 3. The lowest BCUT2D eigenvalue weighted by Gasteiger charge is -2.58. The van der Waals surface area contributed by atoms with Gasteiger partial charge in [0.15, 0.2) is 5.78 Å². The Labute approximate surface area is 141 Å². The van der Waals surface area contributed by atoms with Crippen molar-refractivity contribution in [3.8, 4) is 0 Å². The summed E-state index contributed by atoms with van der Waals surface area (Å²) in [5.41, 5.74) is -1.80. The maximum Gasteiger partial charge on any atom is 0.159 e. The van der Waals surface area contributed by atoms with Gasteiger partial charge in [-0.15, -0.1) is 0 Å². The lowest BCUT2D eigenvalue weighted by Crippen LogP contribution is -2.60. The van der Waals surface area contributed by atoms with Crippen LogP contribution in [0.5, 0.6) is 0 Å². The third-order valence-electron chi connectivity index (χ3n) is 7.83. The average molecular weight is 334 g/mol. The third-order valence-corrected chi connectivity index (χ3v) is 7.83. The molecule has 0 amide bonds. The Morgan fingerprint density at radius 2 is 1.79 bits per heavy atom. The van der Waals surface area contributed by atoms with E-state index in [4.69, 9.17) is 0 Å². The number of ketones is 2. The van der Waals surface area contributed by atoms with Crippen molar-refractivity contribution in [2.24, 2.45) is 22.7 Å². The summed E-state index contributed by atoms with van der Waals surface area (Å²) in [6.07, 6.45) is 2.56. The Bertz CT molecular complexity index is 654. The summed E-state index contributed by atoms with van der Waals surface area (Å²) >= 11 is 0. The molecule has 0 bridgehead atoms. The zero-order valence-electron chi connectivity index (χ0n) is 14.3. The third kappa shape index (κ3) is 1.76. The number of carbonyl (C=O) groups is 2. The second kappa shape index (κ2) is 4.77. The van der Waals surface area contributed by atoms with Gasteiger partial charge in [-0.05, 0) is 62.0 Å². The number of allylic oxidation sites excluding steroid dienone is 1. The van der Waals surface area contributed by atoms with E-state index in [1.807, 2.05) is 13.8 Å². The Morgan fingerprint density at radius 3 is 2.50 bits per heavy atom. The molecule has 132 valence electrons. The molecule has 0 aromatic carbocycles. The quantitative estimate of drug-likeness (QED) is 0.618. The predicted octanol–water partition coefficient (Wildman–Crippen LogP) is 1.14. The maximum atomic E-state index is 12.8. The van der Waals surface area contributed by atoms with E-state index in [2.05, 4.69) is 0 Å². The summed E-state index contributed by atoms with van der Waals surface area (Å²) in [5, 5.41) is 31.6. The molecule has 7 atom stereocenters. The Balaban J connectivity index is 1.83. The molecule has 0 spiro atoms. The number of rotatable bonds is 0. The lowest BCUT2D eigenvalue weighted by molar-refractivity contribution is -0.154. The van der Waals surface area contributed by atoms with Crippen molar-refractivity contribution in [3.63, 3.8) is 0 Å². The molecule has 0 radical (unpaired) electrons. The molecular formula is C19H26O5. The highest BCUT2D eigenvalue weighted by Crippen LogP contribution is 2.64. The summed E-state index contributed by atoms with van der Waals surface area (Å²) < 4.78 is 0. The maximum absolute atomic E-state index is 12.8. The molecule has 3 saturated carbocycles. The van der Waals surface area contributed by atoms with E-state index in [1.54, 1.807) is 6.08 Å². The Hall–Kier alpha value is -1.04. The number of Topliss-reactive ketones (excluding diaryl/α,β-unsaturated/α-hetero) is 1. The summed E-state index contributed by atoms with van der Waals surface area (Å²) in [5.74, 6) is -0.337. The van der Waals surface area contributed by atoms with Crippen molar-refractivity contribution < 1.29 is 24.9 Å². The minimum atomic E-state index is -1.24. The van der Waals surface area contributed by atoms with Crippen LogP contribution in [0.3, 0.4) is 0 Å². The van der Waals surface area contributed by atoms with Crippen LogP contribution < -0.4 is 0 Å². The molecule has 0 heterocycles. The van der Waals surface area contributed by atoms with Crippen LogP contribution in [0.15, 0.2) is 11.6 Å². The molecule has 4 rings (SSSR count). The lowest BCUT2D eigenvalue weighted by atomic mass is 9.47. The number of carbonyl (C=O) groups excluding carboxylic acids is 2. The van der Waals surface area contributed by atoms with Crippen LogP contribution in [0.4, 0.5) is 0 Å². The van der Waals surface area contributed by atoms with Crippen LogP contribution in [-0.2, 0) is 9.59 Å². The molecule has 3 fully saturated rings. The van der Waals surface area contributed by atoms with Crippen molar-refractivity contribution >= 4 is 11.6 Å². The second-order valence-electron chi connectivity index (χ2n) is 8.84. The summed E-state index contributed by atoms with van der Waals surface area (Å²) in [4.78, 5) is 25.2. The van der Waals surface area contributed by atoms with Crippen LogP contribution in [0.25, 0.3) is 0 Å². The number of fused-ring (bicyclic) bond motifs is 5. The van der Waals surface area contributed by atoms with E-state index >= 15 is 0 Å². The van der Waals surface area contributed by atoms with Gasteiger partial charge in [-0.1, -0.05) is 6.92 Å². The molecular weight excluding hydrogens is 308 g/mol. The highest BCUT2D eigenvalue weighted by atomic mass is 16.3.